The highest BCUT2D eigenvalue weighted by atomic mass is 19.1. The van der Waals surface area contributed by atoms with Gasteiger partial charge in [-0.1, -0.05) is 26.0 Å². The molecule has 0 saturated heterocycles. The lowest BCUT2D eigenvalue weighted by molar-refractivity contribution is 0.426. The summed E-state index contributed by atoms with van der Waals surface area (Å²) in [6.07, 6.45) is 1.66. The first-order valence-corrected chi connectivity index (χ1v) is 6.26. The number of halogens is 1. The third kappa shape index (κ3) is 4.03. The van der Waals surface area contributed by atoms with Gasteiger partial charge in [0.05, 0.1) is 0 Å². The molecule has 0 aliphatic carbocycles. The van der Waals surface area contributed by atoms with Crippen LogP contribution in [0.15, 0.2) is 42.6 Å². The molecule has 2 rings (SSSR count). The number of nitrogens with zero attached hydrogens (tertiary/aromatic N) is 1. The minimum atomic E-state index is -0.394. The van der Waals surface area contributed by atoms with E-state index in [1.54, 1.807) is 24.4 Å². The molecule has 1 N–H and O–H groups in total. The van der Waals surface area contributed by atoms with Crippen LogP contribution in [-0.2, 0) is 6.54 Å². The molecule has 0 aliphatic heterocycles. The molecule has 2 aromatic rings. The Morgan fingerprint density at radius 1 is 1.26 bits per heavy atom. The smallest absolute Gasteiger partial charge is 0.219 e. The Labute approximate surface area is 112 Å². The van der Waals surface area contributed by atoms with Crippen molar-refractivity contribution >= 4 is 0 Å². The summed E-state index contributed by atoms with van der Waals surface area (Å²) in [6, 6.07) is 10.4. The summed E-state index contributed by atoms with van der Waals surface area (Å²) in [6.45, 7) is 4.89. The van der Waals surface area contributed by atoms with E-state index in [1.165, 1.54) is 6.07 Å². The van der Waals surface area contributed by atoms with E-state index in [0.29, 0.717) is 11.9 Å². The molecule has 0 aliphatic rings. The van der Waals surface area contributed by atoms with Crippen LogP contribution in [0.5, 0.6) is 11.6 Å². The van der Waals surface area contributed by atoms with Gasteiger partial charge in [0.25, 0.3) is 0 Å². The van der Waals surface area contributed by atoms with Gasteiger partial charge in [0, 0.05) is 24.8 Å². The van der Waals surface area contributed by atoms with E-state index in [-0.39, 0.29) is 5.75 Å². The Kier molecular flexibility index (Phi) is 4.47. The summed E-state index contributed by atoms with van der Waals surface area (Å²) in [5.74, 6) is 0.187. The van der Waals surface area contributed by atoms with E-state index >= 15 is 0 Å². The summed E-state index contributed by atoms with van der Waals surface area (Å²) in [4.78, 5) is 4.09. The van der Waals surface area contributed by atoms with Crippen LogP contribution in [0.3, 0.4) is 0 Å². The highest BCUT2D eigenvalue weighted by Crippen LogP contribution is 2.22. The first-order chi connectivity index (χ1) is 9.15. The van der Waals surface area contributed by atoms with Crippen molar-refractivity contribution in [2.45, 2.75) is 26.4 Å². The second-order valence-corrected chi connectivity index (χ2v) is 4.57. The van der Waals surface area contributed by atoms with Gasteiger partial charge in [-0.15, -0.1) is 0 Å². The lowest BCUT2D eigenvalue weighted by atomic mass is 10.2. The van der Waals surface area contributed by atoms with E-state index < -0.39 is 5.82 Å². The third-order valence-corrected chi connectivity index (χ3v) is 2.56. The highest BCUT2D eigenvalue weighted by molar-refractivity contribution is 5.30. The molecule has 0 atom stereocenters. The monoisotopic (exact) mass is 260 g/mol. The second kappa shape index (κ2) is 6.29. The van der Waals surface area contributed by atoms with Crippen molar-refractivity contribution in [3.63, 3.8) is 0 Å². The van der Waals surface area contributed by atoms with E-state index in [9.17, 15) is 4.39 Å². The van der Waals surface area contributed by atoms with Crippen LogP contribution >= 0.6 is 0 Å². The fourth-order valence-corrected chi connectivity index (χ4v) is 1.58. The van der Waals surface area contributed by atoms with Gasteiger partial charge in [0.2, 0.25) is 5.88 Å². The first kappa shape index (κ1) is 13.5. The van der Waals surface area contributed by atoms with Crippen LogP contribution in [0, 0.1) is 5.82 Å². The Morgan fingerprint density at radius 2 is 2.05 bits per heavy atom. The Bertz CT molecular complexity index is 543. The van der Waals surface area contributed by atoms with Gasteiger partial charge in [0.15, 0.2) is 11.6 Å². The molecule has 19 heavy (non-hydrogen) atoms. The van der Waals surface area contributed by atoms with Crippen LogP contribution in [0.1, 0.15) is 19.4 Å². The topological polar surface area (TPSA) is 34.2 Å². The number of ether oxygens (including phenoxy) is 1. The fraction of sp³-hybridized carbons (Fsp3) is 0.267. The van der Waals surface area contributed by atoms with Crippen molar-refractivity contribution in [2.24, 2.45) is 0 Å². The van der Waals surface area contributed by atoms with Crippen LogP contribution in [0.4, 0.5) is 4.39 Å². The van der Waals surface area contributed by atoms with Gasteiger partial charge in [-0.3, -0.25) is 0 Å². The summed E-state index contributed by atoms with van der Waals surface area (Å²) in [5, 5.41) is 3.31. The number of aromatic nitrogens is 1. The van der Waals surface area contributed by atoms with Gasteiger partial charge in [-0.2, -0.15) is 0 Å². The molecule has 0 amide bonds. The molecule has 0 saturated carbocycles. The molecule has 0 fully saturated rings. The van der Waals surface area contributed by atoms with E-state index in [4.69, 9.17) is 4.74 Å². The molecule has 4 heteroatoms. The molecule has 1 heterocycles. The lowest BCUT2D eigenvalue weighted by Gasteiger charge is -2.10. The molecule has 0 unspecified atom stereocenters. The summed E-state index contributed by atoms with van der Waals surface area (Å²) < 4.78 is 18.9. The molecular formula is C15H17FN2O. The summed E-state index contributed by atoms with van der Waals surface area (Å²) >= 11 is 0. The zero-order chi connectivity index (χ0) is 13.7. The number of rotatable bonds is 5. The third-order valence-electron chi connectivity index (χ3n) is 2.56. The van der Waals surface area contributed by atoms with Crippen molar-refractivity contribution in [1.82, 2.24) is 10.3 Å². The first-order valence-electron chi connectivity index (χ1n) is 6.26. The second-order valence-electron chi connectivity index (χ2n) is 4.57. The molecule has 0 radical (unpaired) electrons. The average molecular weight is 260 g/mol. The zero-order valence-corrected chi connectivity index (χ0v) is 11.1. The molecule has 3 nitrogen and oxygen atoms in total. The Morgan fingerprint density at radius 3 is 2.79 bits per heavy atom. The molecule has 1 aromatic carbocycles. The highest BCUT2D eigenvalue weighted by Gasteiger charge is 2.05. The standard InChI is InChI=1S/C15H17FN2O/c1-11(2)18-10-12-7-8-17-15(9-12)19-14-6-4-3-5-13(14)16/h3-9,11,18H,10H2,1-2H3. The maximum absolute atomic E-state index is 13.5. The van der Waals surface area contributed by atoms with Gasteiger partial charge < -0.3 is 10.1 Å². The summed E-state index contributed by atoms with van der Waals surface area (Å²) in [5.41, 5.74) is 1.05. The molecular weight excluding hydrogens is 243 g/mol. The minimum absolute atomic E-state index is 0.184. The number of nitrogens with one attached hydrogen (secondary N) is 1. The number of para-hydroxylation sites is 1. The van der Waals surface area contributed by atoms with Gasteiger partial charge in [-0.25, -0.2) is 9.37 Å². The molecule has 0 spiro atoms. The Hall–Kier alpha value is -1.94. The summed E-state index contributed by atoms with van der Waals surface area (Å²) in [7, 11) is 0. The van der Waals surface area contributed by atoms with Crippen LogP contribution in [0.2, 0.25) is 0 Å². The maximum Gasteiger partial charge on any atom is 0.219 e. The van der Waals surface area contributed by atoms with Crippen molar-refractivity contribution in [1.29, 1.82) is 0 Å². The van der Waals surface area contributed by atoms with Crippen molar-refractivity contribution in [2.75, 3.05) is 0 Å². The van der Waals surface area contributed by atoms with Crippen LogP contribution < -0.4 is 10.1 Å². The lowest BCUT2D eigenvalue weighted by Crippen LogP contribution is -2.21. The predicted molar refractivity (Wildman–Crippen MR) is 72.7 cm³/mol. The largest absolute Gasteiger partial charge is 0.436 e. The van der Waals surface area contributed by atoms with Crippen LogP contribution in [-0.4, -0.2) is 11.0 Å². The number of pyridine rings is 1. The maximum atomic E-state index is 13.5. The van der Waals surface area contributed by atoms with Crippen molar-refractivity contribution in [3.8, 4) is 11.6 Å². The van der Waals surface area contributed by atoms with E-state index in [0.717, 1.165) is 12.1 Å². The van der Waals surface area contributed by atoms with Gasteiger partial charge >= 0.3 is 0 Å². The normalized spacial score (nSPS) is 10.7. The fourth-order valence-electron chi connectivity index (χ4n) is 1.58. The number of hydrogen-bond donors (Lipinski definition) is 1. The zero-order valence-electron chi connectivity index (χ0n) is 11.1. The van der Waals surface area contributed by atoms with Crippen LogP contribution in [0.25, 0.3) is 0 Å². The van der Waals surface area contributed by atoms with Crippen molar-refractivity contribution in [3.05, 3.63) is 54.0 Å². The van der Waals surface area contributed by atoms with E-state index in [2.05, 4.69) is 24.1 Å². The average Bonchev–Trinajstić information content (AvgIpc) is 2.40. The molecule has 0 bridgehead atoms. The number of hydrogen-bond acceptors (Lipinski definition) is 3. The van der Waals surface area contributed by atoms with Crippen molar-refractivity contribution < 1.29 is 9.13 Å². The SMILES string of the molecule is CC(C)NCc1ccnc(Oc2ccccc2F)c1. The van der Waals surface area contributed by atoms with Gasteiger partial charge in [-0.05, 0) is 23.8 Å². The predicted octanol–water partition coefficient (Wildman–Crippen LogP) is 3.51. The molecule has 1 aromatic heterocycles. The number of benzene rings is 1. The quantitative estimate of drug-likeness (QED) is 0.893. The molecule has 100 valence electrons. The minimum Gasteiger partial charge on any atom is -0.436 e. The van der Waals surface area contributed by atoms with E-state index in [1.807, 2.05) is 12.1 Å². The van der Waals surface area contributed by atoms with Gasteiger partial charge in [0.1, 0.15) is 0 Å². The Balaban J connectivity index is 2.09.